The Labute approximate surface area is 177 Å². The number of amides is 2. The first-order valence-electron chi connectivity index (χ1n) is 10.2. The molecule has 7 nitrogen and oxygen atoms in total. The standard InChI is InChI=1S/C23H29N3O4/c1-29-18-11-12-20(30-2)19(15-18)25-21(27)16-24-22(17-9-5-3-6-10-17)23(28)26-13-7-4-8-14-26/h3,5-6,9-12,15,22,24H,4,7-8,13-14,16H2,1-2H3,(H,25,27)/t22-/m1/s1. The van der Waals surface area contributed by atoms with Crippen molar-refractivity contribution in [1.82, 2.24) is 10.2 Å². The van der Waals surface area contributed by atoms with Crippen molar-refractivity contribution in [3.63, 3.8) is 0 Å². The average Bonchev–Trinajstić information content (AvgIpc) is 2.80. The molecule has 2 aromatic rings. The Balaban J connectivity index is 1.69. The van der Waals surface area contributed by atoms with Crippen LogP contribution in [-0.2, 0) is 9.59 Å². The molecule has 0 spiro atoms. The molecule has 3 rings (SSSR count). The van der Waals surface area contributed by atoms with E-state index in [2.05, 4.69) is 10.6 Å². The lowest BCUT2D eigenvalue weighted by atomic mass is 10.0. The average molecular weight is 412 g/mol. The Kier molecular flexibility index (Phi) is 7.68. The van der Waals surface area contributed by atoms with Crippen LogP contribution in [0.25, 0.3) is 0 Å². The molecule has 1 aliphatic rings. The number of methoxy groups -OCH3 is 2. The summed E-state index contributed by atoms with van der Waals surface area (Å²) in [6.07, 6.45) is 3.19. The third-order valence-electron chi connectivity index (χ3n) is 5.20. The summed E-state index contributed by atoms with van der Waals surface area (Å²) in [5.74, 6) is 0.885. The lowest BCUT2D eigenvalue weighted by molar-refractivity contribution is -0.134. The summed E-state index contributed by atoms with van der Waals surface area (Å²) in [4.78, 5) is 27.7. The highest BCUT2D eigenvalue weighted by atomic mass is 16.5. The molecule has 1 fully saturated rings. The van der Waals surface area contributed by atoms with E-state index in [9.17, 15) is 9.59 Å². The zero-order chi connectivity index (χ0) is 21.3. The zero-order valence-electron chi connectivity index (χ0n) is 17.5. The molecule has 2 amide bonds. The summed E-state index contributed by atoms with van der Waals surface area (Å²) in [6.45, 7) is 1.51. The number of carbonyl (C=O) groups excluding carboxylic acids is 2. The summed E-state index contributed by atoms with van der Waals surface area (Å²) < 4.78 is 10.5. The van der Waals surface area contributed by atoms with Gasteiger partial charge in [0.25, 0.3) is 0 Å². The van der Waals surface area contributed by atoms with Gasteiger partial charge in [-0.25, -0.2) is 0 Å². The van der Waals surface area contributed by atoms with Crippen molar-refractivity contribution in [3.05, 3.63) is 54.1 Å². The molecule has 160 valence electrons. The predicted molar refractivity (Wildman–Crippen MR) is 116 cm³/mol. The van der Waals surface area contributed by atoms with Crippen LogP contribution < -0.4 is 20.1 Å². The smallest absolute Gasteiger partial charge is 0.244 e. The number of hydrogen-bond acceptors (Lipinski definition) is 5. The van der Waals surface area contributed by atoms with E-state index < -0.39 is 6.04 Å². The molecule has 30 heavy (non-hydrogen) atoms. The minimum absolute atomic E-state index is 0.00709. The fourth-order valence-corrected chi connectivity index (χ4v) is 3.59. The summed E-state index contributed by atoms with van der Waals surface area (Å²) in [5, 5.41) is 5.97. The van der Waals surface area contributed by atoms with E-state index in [0.29, 0.717) is 17.2 Å². The molecule has 7 heteroatoms. The van der Waals surface area contributed by atoms with Crippen molar-refractivity contribution in [1.29, 1.82) is 0 Å². The van der Waals surface area contributed by atoms with Crippen LogP contribution in [0.5, 0.6) is 11.5 Å². The molecule has 0 bridgehead atoms. The number of benzene rings is 2. The fourth-order valence-electron chi connectivity index (χ4n) is 3.59. The fraction of sp³-hybridized carbons (Fsp3) is 0.391. The van der Waals surface area contributed by atoms with Crippen molar-refractivity contribution >= 4 is 17.5 Å². The van der Waals surface area contributed by atoms with Gasteiger partial charge in [-0.15, -0.1) is 0 Å². The maximum atomic E-state index is 13.1. The van der Waals surface area contributed by atoms with Gasteiger partial charge in [0.05, 0.1) is 26.5 Å². The highest BCUT2D eigenvalue weighted by Gasteiger charge is 2.27. The first-order valence-corrected chi connectivity index (χ1v) is 10.2. The van der Waals surface area contributed by atoms with Crippen LogP contribution in [0.3, 0.4) is 0 Å². The zero-order valence-corrected chi connectivity index (χ0v) is 17.5. The Morgan fingerprint density at radius 1 is 1.00 bits per heavy atom. The molecular weight excluding hydrogens is 382 g/mol. The van der Waals surface area contributed by atoms with Gasteiger partial charge in [0.2, 0.25) is 11.8 Å². The minimum Gasteiger partial charge on any atom is -0.497 e. The Morgan fingerprint density at radius 3 is 2.40 bits per heavy atom. The second-order valence-corrected chi connectivity index (χ2v) is 7.22. The van der Waals surface area contributed by atoms with Crippen molar-refractivity contribution in [3.8, 4) is 11.5 Å². The van der Waals surface area contributed by atoms with E-state index in [1.165, 1.54) is 0 Å². The number of piperidine rings is 1. The highest BCUT2D eigenvalue weighted by Crippen LogP contribution is 2.28. The van der Waals surface area contributed by atoms with Crippen LogP contribution in [0.1, 0.15) is 30.9 Å². The summed E-state index contributed by atoms with van der Waals surface area (Å²) in [5.41, 5.74) is 1.36. The predicted octanol–water partition coefficient (Wildman–Crippen LogP) is 2.99. The molecule has 1 saturated heterocycles. The second kappa shape index (κ2) is 10.6. The number of ether oxygens (including phenoxy) is 2. The lowest BCUT2D eigenvalue weighted by Crippen LogP contribution is -2.45. The number of nitrogens with one attached hydrogen (secondary N) is 2. The maximum Gasteiger partial charge on any atom is 0.244 e. The second-order valence-electron chi connectivity index (χ2n) is 7.22. The van der Waals surface area contributed by atoms with Crippen LogP contribution in [0, 0.1) is 0 Å². The van der Waals surface area contributed by atoms with Crippen molar-refractivity contribution in [2.45, 2.75) is 25.3 Å². The number of carbonyl (C=O) groups is 2. The molecule has 2 aromatic carbocycles. The summed E-state index contributed by atoms with van der Waals surface area (Å²) >= 11 is 0. The van der Waals surface area contributed by atoms with Gasteiger partial charge in [0.1, 0.15) is 17.5 Å². The van der Waals surface area contributed by atoms with Crippen molar-refractivity contribution < 1.29 is 19.1 Å². The van der Waals surface area contributed by atoms with Crippen LogP contribution in [0.2, 0.25) is 0 Å². The van der Waals surface area contributed by atoms with Crippen LogP contribution in [0.4, 0.5) is 5.69 Å². The van der Waals surface area contributed by atoms with Gasteiger partial charge in [-0.3, -0.25) is 14.9 Å². The molecule has 0 unspecified atom stereocenters. The number of likely N-dealkylation sites (tertiary alicyclic amines) is 1. The van der Waals surface area contributed by atoms with E-state index >= 15 is 0 Å². The van der Waals surface area contributed by atoms with Gasteiger partial charge in [-0.1, -0.05) is 30.3 Å². The molecule has 2 N–H and O–H groups in total. The quantitative estimate of drug-likeness (QED) is 0.698. The van der Waals surface area contributed by atoms with Crippen LogP contribution in [-0.4, -0.2) is 50.6 Å². The monoisotopic (exact) mass is 411 g/mol. The topological polar surface area (TPSA) is 79.9 Å². The van der Waals surface area contributed by atoms with Gasteiger partial charge in [0, 0.05) is 19.2 Å². The Bertz CT molecular complexity index is 851. The normalized spacial score (nSPS) is 14.7. The SMILES string of the molecule is COc1ccc(OC)c(NC(=O)CN[C@@H](C(=O)N2CCCCC2)c2ccccc2)c1. The molecule has 0 radical (unpaired) electrons. The van der Waals surface area contributed by atoms with E-state index in [0.717, 1.165) is 37.9 Å². The first kappa shape index (κ1) is 21.6. The van der Waals surface area contributed by atoms with Gasteiger partial charge < -0.3 is 19.7 Å². The third kappa shape index (κ3) is 5.51. The van der Waals surface area contributed by atoms with Crippen LogP contribution in [0.15, 0.2) is 48.5 Å². The van der Waals surface area contributed by atoms with Gasteiger partial charge in [0.15, 0.2) is 0 Å². The number of anilines is 1. The number of rotatable bonds is 8. The third-order valence-corrected chi connectivity index (χ3v) is 5.20. The Morgan fingerprint density at radius 2 is 1.73 bits per heavy atom. The summed E-state index contributed by atoms with van der Waals surface area (Å²) in [7, 11) is 3.10. The summed E-state index contributed by atoms with van der Waals surface area (Å²) in [6, 6.07) is 14.1. The molecule has 0 aromatic heterocycles. The molecule has 1 aliphatic heterocycles. The van der Waals surface area contributed by atoms with Gasteiger partial charge in [-0.2, -0.15) is 0 Å². The number of nitrogens with zero attached hydrogens (tertiary/aromatic N) is 1. The first-order chi connectivity index (χ1) is 14.6. The molecule has 1 atom stereocenters. The van der Waals surface area contributed by atoms with E-state index in [1.54, 1.807) is 32.4 Å². The van der Waals surface area contributed by atoms with Crippen molar-refractivity contribution in [2.24, 2.45) is 0 Å². The van der Waals surface area contributed by atoms with Crippen molar-refractivity contribution in [2.75, 3.05) is 39.2 Å². The lowest BCUT2D eigenvalue weighted by Gasteiger charge is -2.31. The van der Waals surface area contributed by atoms with Gasteiger partial charge >= 0.3 is 0 Å². The molecule has 0 saturated carbocycles. The van der Waals surface area contributed by atoms with E-state index in [1.807, 2.05) is 35.2 Å². The highest BCUT2D eigenvalue weighted by molar-refractivity contribution is 5.94. The minimum atomic E-state index is -0.567. The van der Waals surface area contributed by atoms with E-state index in [4.69, 9.17) is 9.47 Å². The number of hydrogen-bond donors (Lipinski definition) is 2. The molecule has 1 heterocycles. The van der Waals surface area contributed by atoms with Gasteiger partial charge in [-0.05, 0) is 37.0 Å². The molecule has 0 aliphatic carbocycles. The molecular formula is C23H29N3O4. The van der Waals surface area contributed by atoms with Crippen LogP contribution >= 0.6 is 0 Å². The Hall–Kier alpha value is -3.06. The largest absolute Gasteiger partial charge is 0.497 e. The van der Waals surface area contributed by atoms with E-state index in [-0.39, 0.29) is 18.4 Å². The maximum absolute atomic E-state index is 13.1.